The Kier molecular flexibility index (Phi) is 8.19. The molecule has 0 saturated carbocycles. The fourth-order valence-corrected chi connectivity index (χ4v) is 3.11. The van der Waals surface area contributed by atoms with Crippen LogP contribution in [0.25, 0.3) is 0 Å². The first-order chi connectivity index (χ1) is 12.1. The minimum atomic E-state index is -0.158. The van der Waals surface area contributed by atoms with Crippen molar-refractivity contribution in [1.29, 1.82) is 0 Å². The number of unbranched alkanes of at least 4 members (excludes halogenated alkanes) is 1. The molecule has 1 aromatic rings. The molecule has 4 nitrogen and oxygen atoms in total. The van der Waals surface area contributed by atoms with Gasteiger partial charge in [0.1, 0.15) is 5.82 Å². The first kappa shape index (κ1) is 19.7. The number of nitrogens with one attached hydrogen (secondary N) is 2. The van der Waals surface area contributed by atoms with E-state index in [-0.39, 0.29) is 5.82 Å². The highest BCUT2D eigenvalue weighted by Gasteiger charge is 2.14. The van der Waals surface area contributed by atoms with Gasteiger partial charge in [-0.3, -0.25) is 4.99 Å². The predicted molar refractivity (Wildman–Crippen MR) is 103 cm³/mol. The molecule has 0 amide bonds. The van der Waals surface area contributed by atoms with E-state index >= 15 is 0 Å². The van der Waals surface area contributed by atoms with Gasteiger partial charge in [-0.2, -0.15) is 0 Å². The smallest absolute Gasteiger partial charge is 0.191 e. The molecule has 2 rings (SSSR count). The molecule has 0 radical (unpaired) electrons. The van der Waals surface area contributed by atoms with Gasteiger partial charge in [0.2, 0.25) is 0 Å². The fraction of sp³-hybridized carbons (Fsp3) is 0.650. The average molecular weight is 349 g/mol. The zero-order valence-corrected chi connectivity index (χ0v) is 15.9. The summed E-state index contributed by atoms with van der Waals surface area (Å²) in [4.78, 5) is 6.81. The van der Waals surface area contributed by atoms with Crippen molar-refractivity contribution in [3.05, 3.63) is 35.1 Å². The van der Waals surface area contributed by atoms with Crippen LogP contribution in [0.4, 0.5) is 4.39 Å². The van der Waals surface area contributed by atoms with E-state index in [0.717, 1.165) is 30.4 Å². The third-order valence-corrected chi connectivity index (χ3v) is 4.99. The molecule has 0 unspecified atom stereocenters. The van der Waals surface area contributed by atoms with Gasteiger partial charge in [-0.1, -0.05) is 19.1 Å². The van der Waals surface area contributed by atoms with Crippen LogP contribution in [0.15, 0.2) is 23.2 Å². The second-order valence-electron chi connectivity index (χ2n) is 7.17. The molecule has 1 fully saturated rings. The highest BCUT2D eigenvalue weighted by atomic mass is 19.1. The van der Waals surface area contributed by atoms with Crippen molar-refractivity contribution in [3.63, 3.8) is 0 Å². The van der Waals surface area contributed by atoms with Crippen LogP contribution in [-0.4, -0.2) is 44.1 Å². The summed E-state index contributed by atoms with van der Waals surface area (Å²) in [6, 6.07) is 5.33. The van der Waals surface area contributed by atoms with Gasteiger partial charge in [-0.05, 0) is 75.4 Å². The van der Waals surface area contributed by atoms with Gasteiger partial charge in [0.05, 0.1) is 0 Å². The van der Waals surface area contributed by atoms with E-state index in [1.54, 1.807) is 20.0 Å². The molecule has 140 valence electrons. The van der Waals surface area contributed by atoms with E-state index in [1.807, 2.05) is 12.1 Å². The fourth-order valence-electron chi connectivity index (χ4n) is 3.11. The molecule has 1 aliphatic rings. The van der Waals surface area contributed by atoms with Crippen LogP contribution in [0.3, 0.4) is 0 Å². The number of benzene rings is 1. The second-order valence-corrected chi connectivity index (χ2v) is 7.17. The van der Waals surface area contributed by atoms with E-state index in [0.29, 0.717) is 12.1 Å². The van der Waals surface area contributed by atoms with Crippen molar-refractivity contribution in [2.75, 3.05) is 33.2 Å². The van der Waals surface area contributed by atoms with E-state index < -0.39 is 0 Å². The summed E-state index contributed by atoms with van der Waals surface area (Å²) in [6.45, 7) is 9.32. The molecular formula is C20H33FN4. The maximum Gasteiger partial charge on any atom is 0.191 e. The lowest BCUT2D eigenvalue weighted by Crippen LogP contribution is -2.38. The van der Waals surface area contributed by atoms with Crippen molar-refractivity contribution in [2.45, 2.75) is 46.1 Å². The lowest BCUT2D eigenvalue weighted by atomic mass is 9.99. The van der Waals surface area contributed by atoms with Gasteiger partial charge >= 0.3 is 0 Å². The Morgan fingerprint density at radius 2 is 2.00 bits per heavy atom. The van der Waals surface area contributed by atoms with Crippen molar-refractivity contribution < 1.29 is 4.39 Å². The quantitative estimate of drug-likeness (QED) is 0.451. The molecule has 1 saturated heterocycles. The number of rotatable bonds is 7. The van der Waals surface area contributed by atoms with Gasteiger partial charge in [0, 0.05) is 20.1 Å². The topological polar surface area (TPSA) is 39.7 Å². The highest BCUT2D eigenvalue weighted by Crippen LogP contribution is 2.16. The van der Waals surface area contributed by atoms with Crippen molar-refractivity contribution in [1.82, 2.24) is 15.5 Å². The zero-order chi connectivity index (χ0) is 18.1. The molecule has 0 bridgehead atoms. The van der Waals surface area contributed by atoms with Crippen LogP contribution < -0.4 is 10.6 Å². The number of likely N-dealkylation sites (tertiary alicyclic amines) is 1. The Labute approximate surface area is 151 Å². The van der Waals surface area contributed by atoms with Crippen LogP contribution in [0, 0.1) is 18.7 Å². The van der Waals surface area contributed by atoms with Gasteiger partial charge < -0.3 is 15.5 Å². The molecule has 2 N–H and O–H groups in total. The molecule has 0 spiro atoms. The Balaban J connectivity index is 1.59. The Bertz CT molecular complexity index is 551. The van der Waals surface area contributed by atoms with E-state index in [1.165, 1.54) is 38.9 Å². The molecule has 25 heavy (non-hydrogen) atoms. The Morgan fingerprint density at radius 1 is 1.24 bits per heavy atom. The molecule has 1 aromatic carbocycles. The minimum Gasteiger partial charge on any atom is -0.356 e. The molecule has 0 aromatic heterocycles. The molecule has 5 heteroatoms. The summed E-state index contributed by atoms with van der Waals surface area (Å²) in [7, 11) is 1.76. The van der Waals surface area contributed by atoms with Gasteiger partial charge in [-0.15, -0.1) is 0 Å². The maximum atomic E-state index is 13.6. The summed E-state index contributed by atoms with van der Waals surface area (Å²) in [5, 5.41) is 6.58. The monoisotopic (exact) mass is 348 g/mol. The molecular weight excluding hydrogens is 315 g/mol. The normalized spacial score (nSPS) is 16.9. The van der Waals surface area contributed by atoms with E-state index in [2.05, 4.69) is 27.4 Å². The number of guanidine groups is 1. The van der Waals surface area contributed by atoms with Crippen LogP contribution in [0.1, 0.15) is 43.7 Å². The molecule has 0 atom stereocenters. The predicted octanol–water partition coefficient (Wildman–Crippen LogP) is 3.31. The summed E-state index contributed by atoms with van der Waals surface area (Å²) in [5.74, 6) is 1.51. The van der Waals surface area contributed by atoms with Crippen molar-refractivity contribution in [2.24, 2.45) is 10.9 Å². The summed E-state index contributed by atoms with van der Waals surface area (Å²) in [6.07, 6.45) is 5.02. The largest absolute Gasteiger partial charge is 0.356 e. The van der Waals surface area contributed by atoms with Gasteiger partial charge in [-0.25, -0.2) is 4.39 Å². The standard InChI is InChI=1S/C20H33FN4/c1-16-8-12-25(13-9-16)11-5-4-10-23-20(22-3)24-15-18-7-6-17(2)19(21)14-18/h6-7,14,16H,4-5,8-13,15H2,1-3H3,(H2,22,23,24). The average Bonchev–Trinajstić information content (AvgIpc) is 2.62. The number of hydrogen-bond acceptors (Lipinski definition) is 2. The number of nitrogens with zero attached hydrogens (tertiary/aromatic N) is 2. The van der Waals surface area contributed by atoms with Crippen molar-refractivity contribution >= 4 is 5.96 Å². The summed E-state index contributed by atoms with van der Waals surface area (Å²) < 4.78 is 13.6. The Hall–Kier alpha value is -1.62. The first-order valence-electron chi connectivity index (χ1n) is 9.50. The minimum absolute atomic E-state index is 0.158. The van der Waals surface area contributed by atoms with Crippen molar-refractivity contribution in [3.8, 4) is 0 Å². The Morgan fingerprint density at radius 3 is 2.68 bits per heavy atom. The number of aliphatic imine (C=N–C) groups is 1. The first-order valence-corrected chi connectivity index (χ1v) is 9.50. The summed E-state index contributed by atoms with van der Waals surface area (Å²) in [5.41, 5.74) is 1.60. The van der Waals surface area contributed by atoms with E-state index in [4.69, 9.17) is 0 Å². The maximum absolute atomic E-state index is 13.6. The number of halogens is 1. The van der Waals surface area contributed by atoms with Crippen LogP contribution in [0.5, 0.6) is 0 Å². The molecule has 0 aliphatic carbocycles. The van der Waals surface area contributed by atoms with Gasteiger partial charge in [0.25, 0.3) is 0 Å². The zero-order valence-electron chi connectivity index (χ0n) is 15.9. The van der Waals surface area contributed by atoms with Gasteiger partial charge in [0.15, 0.2) is 5.96 Å². The van der Waals surface area contributed by atoms with E-state index in [9.17, 15) is 4.39 Å². The van der Waals surface area contributed by atoms with Crippen LogP contribution >= 0.6 is 0 Å². The third kappa shape index (κ3) is 7.02. The number of hydrogen-bond donors (Lipinski definition) is 2. The lowest BCUT2D eigenvalue weighted by Gasteiger charge is -2.30. The van der Waals surface area contributed by atoms with Crippen LogP contribution in [0.2, 0.25) is 0 Å². The molecule has 1 aliphatic heterocycles. The molecule has 1 heterocycles. The summed E-state index contributed by atoms with van der Waals surface area (Å²) >= 11 is 0. The highest BCUT2D eigenvalue weighted by molar-refractivity contribution is 5.79. The second kappa shape index (κ2) is 10.4. The van der Waals surface area contributed by atoms with Crippen LogP contribution in [-0.2, 0) is 6.54 Å². The number of aryl methyl sites for hydroxylation is 1. The SMILES string of the molecule is CN=C(NCCCCN1CCC(C)CC1)NCc1ccc(C)c(F)c1. The number of piperidine rings is 1. The third-order valence-electron chi connectivity index (χ3n) is 4.99. The lowest BCUT2D eigenvalue weighted by molar-refractivity contribution is 0.189.